The Hall–Kier alpha value is -1.82. The van der Waals surface area contributed by atoms with Crippen molar-refractivity contribution in [1.29, 1.82) is 0 Å². The van der Waals surface area contributed by atoms with Crippen LogP contribution in [0.4, 0.5) is 13.2 Å². The zero-order valence-electron chi connectivity index (χ0n) is 12.8. The monoisotopic (exact) mass is 324 g/mol. The van der Waals surface area contributed by atoms with Gasteiger partial charge in [0.2, 0.25) is 5.91 Å². The first-order valence-corrected chi connectivity index (χ1v) is 7.70. The summed E-state index contributed by atoms with van der Waals surface area (Å²) in [5.74, 6) is 0.235. The van der Waals surface area contributed by atoms with Crippen LogP contribution in [-0.2, 0) is 24.1 Å². The molecule has 124 valence electrons. The molecule has 1 saturated heterocycles. The largest absolute Gasteiger partial charge is 0.416 e. The molecule has 1 atom stereocenters. The molecule has 1 aromatic carbocycles. The van der Waals surface area contributed by atoms with Crippen LogP contribution in [-0.4, -0.2) is 35.3 Å². The molecule has 1 amide bonds. The highest BCUT2D eigenvalue weighted by Crippen LogP contribution is 2.37. The van der Waals surface area contributed by atoms with E-state index in [0.717, 1.165) is 18.1 Å². The van der Waals surface area contributed by atoms with E-state index in [1.807, 2.05) is 4.90 Å². The molecule has 1 aromatic rings. The van der Waals surface area contributed by atoms with E-state index in [9.17, 15) is 18.0 Å². The Morgan fingerprint density at radius 2 is 2.13 bits per heavy atom. The van der Waals surface area contributed by atoms with Gasteiger partial charge in [0, 0.05) is 32.7 Å². The fourth-order valence-electron chi connectivity index (χ4n) is 3.56. The van der Waals surface area contributed by atoms with E-state index in [2.05, 4.69) is 6.58 Å². The normalized spacial score (nSPS) is 21.5. The Balaban J connectivity index is 1.65. The van der Waals surface area contributed by atoms with Crippen LogP contribution in [0.2, 0.25) is 0 Å². The molecule has 6 heteroatoms. The van der Waals surface area contributed by atoms with Gasteiger partial charge in [0.05, 0.1) is 5.56 Å². The van der Waals surface area contributed by atoms with Crippen LogP contribution in [0.1, 0.15) is 23.1 Å². The summed E-state index contributed by atoms with van der Waals surface area (Å²) in [5.41, 5.74) is 0.640. The van der Waals surface area contributed by atoms with Gasteiger partial charge in [-0.1, -0.05) is 18.7 Å². The smallest absolute Gasteiger partial charge is 0.339 e. The van der Waals surface area contributed by atoms with E-state index in [1.54, 1.807) is 11.0 Å². The number of nitrogens with zero attached hydrogens (tertiary/aromatic N) is 2. The van der Waals surface area contributed by atoms with Gasteiger partial charge in [-0.05, 0) is 35.6 Å². The molecule has 0 N–H and O–H groups in total. The van der Waals surface area contributed by atoms with Crippen molar-refractivity contribution < 1.29 is 18.0 Å². The molecule has 2 heterocycles. The van der Waals surface area contributed by atoms with E-state index in [0.29, 0.717) is 44.2 Å². The van der Waals surface area contributed by atoms with Crippen LogP contribution < -0.4 is 0 Å². The molecule has 3 nitrogen and oxygen atoms in total. The first-order valence-electron chi connectivity index (χ1n) is 7.70. The van der Waals surface area contributed by atoms with Gasteiger partial charge in [-0.2, -0.15) is 13.2 Å². The van der Waals surface area contributed by atoms with Crippen molar-refractivity contribution in [3.05, 3.63) is 47.5 Å². The van der Waals surface area contributed by atoms with Gasteiger partial charge in [0.25, 0.3) is 0 Å². The van der Waals surface area contributed by atoms with Crippen LogP contribution in [0.15, 0.2) is 30.9 Å². The third-order valence-corrected chi connectivity index (χ3v) is 4.64. The summed E-state index contributed by atoms with van der Waals surface area (Å²) in [6, 6.07) is 4.40. The lowest BCUT2D eigenvalue weighted by Crippen LogP contribution is -2.30. The van der Waals surface area contributed by atoms with Gasteiger partial charge in [-0.3, -0.25) is 9.69 Å². The van der Waals surface area contributed by atoms with Crippen molar-refractivity contribution in [1.82, 2.24) is 9.80 Å². The van der Waals surface area contributed by atoms with E-state index in [1.165, 1.54) is 12.1 Å². The lowest BCUT2D eigenvalue weighted by atomic mass is 10.0. The fraction of sp³-hybridized carbons (Fsp3) is 0.471. The molecule has 1 fully saturated rings. The number of amides is 1. The fourth-order valence-corrected chi connectivity index (χ4v) is 3.56. The summed E-state index contributed by atoms with van der Waals surface area (Å²) in [4.78, 5) is 15.4. The third-order valence-electron chi connectivity index (χ3n) is 4.64. The van der Waals surface area contributed by atoms with E-state index in [-0.39, 0.29) is 5.91 Å². The SMILES string of the molecule is C=CC(=O)N1CCC(CN2Cc3cccc(C(F)(F)F)c3C2)C1. The Kier molecular flexibility index (Phi) is 4.19. The zero-order valence-corrected chi connectivity index (χ0v) is 12.8. The van der Waals surface area contributed by atoms with Crippen molar-refractivity contribution in [2.75, 3.05) is 19.6 Å². The molecule has 1 unspecified atom stereocenters. The molecule has 2 aliphatic heterocycles. The van der Waals surface area contributed by atoms with Crippen LogP contribution in [0.3, 0.4) is 0 Å². The highest BCUT2D eigenvalue weighted by atomic mass is 19.4. The average Bonchev–Trinajstić information content (AvgIpc) is 3.11. The predicted octanol–water partition coefficient (Wildman–Crippen LogP) is 3.06. The Morgan fingerprint density at radius 3 is 2.83 bits per heavy atom. The summed E-state index contributed by atoms with van der Waals surface area (Å²) < 4.78 is 39.2. The molecule has 0 aromatic heterocycles. The molecule has 23 heavy (non-hydrogen) atoms. The number of hydrogen-bond acceptors (Lipinski definition) is 2. The quantitative estimate of drug-likeness (QED) is 0.798. The maximum atomic E-state index is 13.1. The number of likely N-dealkylation sites (tertiary alicyclic amines) is 1. The second-order valence-electron chi connectivity index (χ2n) is 6.25. The summed E-state index contributed by atoms with van der Waals surface area (Å²) in [5, 5.41) is 0. The molecule has 2 aliphatic rings. The maximum Gasteiger partial charge on any atom is 0.416 e. The van der Waals surface area contributed by atoms with Gasteiger partial charge < -0.3 is 4.90 Å². The molecule has 0 saturated carbocycles. The lowest BCUT2D eigenvalue weighted by molar-refractivity contribution is -0.138. The van der Waals surface area contributed by atoms with Gasteiger partial charge >= 0.3 is 6.18 Å². The number of hydrogen-bond donors (Lipinski definition) is 0. The second kappa shape index (κ2) is 6.00. The number of carbonyl (C=O) groups excluding carboxylic acids is 1. The van der Waals surface area contributed by atoms with Crippen molar-refractivity contribution >= 4 is 5.91 Å². The van der Waals surface area contributed by atoms with E-state index < -0.39 is 11.7 Å². The number of halogens is 3. The van der Waals surface area contributed by atoms with E-state index in [4.69, 9.17) is 0 Å². The van der Waals surface area contributed by atoms with E-state index >= 15 is 0 Å². The van der Waals surface area contributed by atoms with Crippen molar-refractivity contribution in [3.63, 3.8) is 0 Å². The Bertz CT molecular complexity index is 627. The van der Waals surface area contributed by atoms with Crippen molar-refractivity contribution in [2.24, 2.45) is 5.92 Å². The second-order valence-corrected chi connectivity index (χ2v) is 6.25. The molecular formula is C17H19F3N2O. The van der Waals surface area contributed by atoms with Gasteiger partial charge in [-0.25, -0.2) is 0 Å². The van der Waals surface area contributed by atoms with Gasteiger partial charge in [0.15, 0.2) is 0 Å². The minimum absolute atomic E-state index is 0.0726. The number of rotatable bonds is 3. The molecule has 0 spiro atoms. The number of alkyl halides is 3. The average molecular weight is 324 g/mol. The third kappa shape index (κ3) is 3.27. The van der Waals surface area contributed by atoms with Crippen LogP contribution in [0.25, 0.3) is 0 Å². The van der Waals surface area contributed by atoms with Crippen LogP contribution in [0.5, 0.6) is 0 Å². The number of benzene rings is 1. The summed E-state index contributed by atoms with van der Waals surface area (Å²) >= 11 is 0. The van der Waals surface area contributed by atoms with Gasteiger partial charge in [-0.15, -0.1) is 0 Å². The van der Waals surface area contributed by atoms with Crippen molar-refractivity contribution in [3.8, 4) is 0 Å². The zero-order chi connectivity index (χ0) is 16.6. The molecule has 0 bridgehead atoms. The summed E-state index contributed by atoms with van der Waals surface area (Å²) in [6.45, 7) is 6.43. The van der Waals surface area contributed by atoms with Crippen LogP contribution >= 0.6 is 0 Å². The molecule has 0 radical (unpaired) electrons. The Labute approximate surface area is 133 Å². The standard InChI is InChI=1S/C17H19F3N2O/c1-2-16(23)22-7-6-12(9-22)8-21-10-13-4-3-5-15(14(13)11-21)17(18,19)20/h2-5,12H,1,6-11H2. The highest BCUT2D eigenvalue weighted by molar-refractivity contribution is 5.87. The number of carbonyl (C=O) groups is 1. The van der Waals surface area contributed by atoms with Crippen LogP contribution in [0, 0.1) is 5.92 Å². The minimum Gasteiger partial charge on any atom is -0.339 e. The summed E-state index contributed by atoms with van der Waals surface area (Å²) in [6.07, 6.45) is -2.11. The Morgan fingerprint density at radius 1 is 1.35 bits per heavy atom. The topological polar surface area (TPSA) is 23.6 Å². The molecular weight excluding hydrogens is 305 g/mol. The molecule has 0 aliphatic carbocycles. The first-order chi connectivity index (χ1) is 10.9. The van der Waals surface area contributed by atoms with Crippen molar-refractivity contribution in [2.45, 2.75) is 25.7 Å². The maximum absolute atomic E-state index is 13.1. The minimum atomic E-state index is -4.30. The lowest BCUT2D eigenvalue weighted by Gasteiger charge is -2.20. The van der Waals surface area contributed by atoms with Gasteiger partial charge in [0.1, 0.15) is 0 Å². The molecule has 3 rings (SSSR count). The summed E-state index contributed by atoms with van der Waals surface area (Å²) in [7, 11) is 0. The first kappa shape index (κ1) is 16.1. The predicted molar refractivity (Wildman–Crippen MR) is 80.4 cm³/mol. The number of fused-ring (bicyclic) bond motifs is 1. The highest BCUT2D eigenvalue weighted by Gasteiger charge is 2.37.